The van der Waals surface area contributed by atoms with E-state index in [1.165, 1.54) is 16.8 Å². The lowest BCUT2D eigenvalue weighted by atomic mass is 10.0. The van der Waals surface area contributed by atoms with Gasteiger partial charge in [0.15, 0.2) is 15.7 Å². The molecule has 178 valence electrons. The highest BCUT2D eigenvalue weighted by atomic mass is 32.2. The second-order valence-corrected chi connectivity index (χ2v) is 11.3. The van der Waals surface area contributed by atoms with E-state index < -0.39 is 26.8 Å². The summed E-state index contributed by atoms with van der Waals surface area (Å²) in [6.07, 6.45) is 3.83. The van der Waals surface area contributed by atoms with Crippen LogP contribution in [0, 0.1) is 13.8 Å². The average Bonchev–Trinajstić information content (AvgIpc) is 3.26. The van der Waals surface area contributed by atoms with E-state index in [2.05, 4.69) is 10.1 Å². The second-order valence-electron chi connectivity index (χ2n) is 9.00. The van der Waals surface area contributed by atoms with Gasteiger partial charge in [0, 0.05) is 32.1 Å². The number of halogens is 3. The number of aromatic nitrogens is 3. The predicted octanol–water partition coefficient (Wildman–Crippen LogP) is 3.84. The summed E-state index contributed by atoms with van der Waals surface area (Å²) in [6.45, 7) is 3.96. The topological polar surface area (TPSA) is 68.1 Å². The Labute approximate surface area is 191 Å². The Balaban J connectivity index is 1.69. The molecular weight excluding hydrogens is 453 g/mol. The zero-order valence-corrected chi connectivity index (χ0v) is 19.7. The monoisotopic (exact) mass is 480 g/mol. The lowest BCUT2D eigenvalue weighted by Crippen LogP contribution is -2.25. The van der Waals surface area contributed by atoms with E-state index in [0.29, 0.717) is 18.1 Å². The quantitative estimate of drug-likeness (QED) is 0.629. The van der Waals surface area contributed by atoms with Crippen LogP contribution in [0.1, 0.15) is 41.2 Å². The van der Waals surface area contributed by atoms with Crippen LogP contribution in [0.3, 0.4) is 0 Å². The van der Waals surface area contributed by atoms with Gasteiger partial charge in [-0.25, -0.2) is 31.3 Å². The van der Waals surface area contributed by atoms with Crippen LogP contribution in [0.5, 0.6) is 0 Å². The molecule has 1 aliphatic carbocycles. The van der Waals surface area contributed by atoms with Crippen molar-refractivity contribution in [2.24, 2.45) is 0 Å². The molecule has 1 atom stereocenters. The van der Waals surface area contributed by atoms with Gasteiger partial charge in [-0.05, 0) is 31.1 Å². The molecule has 0 spiro atoms. The molecule has 1 unspecified atom stereocenters. The molecule has 1 aromatic carbocycles. The highest BCUT2D eigenvalue weighted by molar-refractivity contribution is 7.91. The molecule has 10 heteroatoms. The number of hydrogen-bond donors (Lipinski definition) is 0. The fraction of sp³-hybridized carbons (Fsp3) is 0.478. The van der Waals surface area contributed by atoms with Crippen LogP contribution in [0.4, 0.5) is 13.2 Å². The van der Waals surface area contributed by atoms with Crippen molar-refractivity contribution < 1.29 is 21.6 Å². The molecule has 2 aromatic rings. The van der Waals surface area contributed by atoms with Crippen LogP contribution < -0.4 is 0 Å². The largest absolute Gasteiger partial charge is 0.290 e. The zero-order valence-electron chi connectivity index (χ0n) is 18.9. The van der Waals surface area contributed by atoms with Crippen molar-refractivity contribution in [2.45, 2.75) is 50.8 Å². The Hall–Kier alpha value is -2.46. The number of benzene rings is 1. The van der Waals surface area contributed by atoms with Gasteiger partial charge in [0.1, 0.15) is 11.7 Å². The minimum absolute atomic E-state index is 0.126. The Bertz CT molecular complexity index is 1230. The fourth-order valence-electron chi connectivity index (χ4n) is 4.19. The van der Waals surface area contributed by atoms with Crippen LogP contribution in [0.15, 0.2) is 36.2 Å². The van der Waals surface area contributed by atoms with Crippen molar-refractivity contribution in [3.05, 3.63) is 64.5 Å². The molecule has 0 radical (unpaired) electrons. The van der Waals surface area contributed by atoms with Crippen LogP contribution in [0.2, 0.25) is 0 Å². The SMILES string of the molecule is Cc1ccc(C)c(Cc2nc(CN3CCC(F)(F)C3)nn2C2=C(F)CC(S(C)(=O)=O)C=C2)c1. The Morgan fingerprint density at radius 2 is 2.00 bits per heavy atom. The van der Waals surface area contributed by atoms with Gasteiger partial charge in [-0.1, -0.05) is 29.8 Å². The van der Waals surface area contributed by atoms with Gasteiger partial charge >= 0.3 is 0 Å². The minimum atomic E-state index is -3.44. The lowest BCUT2D eigenvalue weighted by Gasteiger charge is -2.18. The smallest absolute Gasteiger partial charge is 0.261 e. The van der Waals surface area contributed by atoms with E-state index in [0.717, 1.165) is 22.9 Å². The van der Waals surface area contributed by atoms with Crippen LogP contribution in [-0.2, 0) is 22.8 Å². The molecule has 0 N–H and O–H groups in total. The van der Waals surface area contributed by atoms with Gasteiger partial charge in [-0.3, -0.25) is 4.90 Å². The summed E-state index contributed by atoms with van der Waals surface area (Å²) < 4.78 is 67.4. The molecule has 6 nitrogen and oxygen atoms in total. The molecule has 1 aromatic heterocycles. The fourth-order valence-corrected chi connectivity index (χ4v) is 5.00. The van der Waals surface area contributed by atoms with Gasteiger partial charge in [0.25, 0.3) is 5.92 Å². The van der Waals surface area contributed by atoms with Gasteiger partial charge in [0.2, 0.25) is 0 Å². The standard InChI is InChI=1S/C23H27F3N4O2S/c1-15-4-5-16(2)17(10-15)11-22-27-21(13-29-9-8-23(25,26)14-29)28-30(22)20-7-6-18(12-19(20)24)33(3,31)32/h4-7,10,18H,8-9,11-14H2,1-3H3. The third-order valence-corrected chi connectivity index (χ3v) is 7.51. The summed E-state index contributed by atoms with van der Waals surface area (Å²) in [5.41, 5.74) is 3.24. The first-order chi connectivity index (χ1) is 15.4. The molecule has 0 amide bonds. The van der Waals surface area contributed by atoms with E-state index in [-0.39, 0.29) is 38.2 Å². The maximum atomic E-state index is 15.1. The van der Waals surface area contributed by atoms with Crippen molar-refractivity contribution in [2.75, 3.05) is 19.3 Å². The number of allylic oxidation sites excluding steroid dienone is 3. The lowest BCUT2D eigenvalue weighted by molar-refractivity contribution is 0.0113. The molecule has 1 saturated heterocycles. The molecule has 2 aliphatic rings. The first-order valence-electron chi connectivity index (χ1n) is 10.8. The summed E-state index contributed by atoms with van der Waals surface area (Å²) in [4.78, 5) is 6.16. The molecule has 0 saturated carbocycles. The van der Waals surface area contributed by atoms with Gasteiger partial charge < -0.3 is 0 Å². The molecule has 2 heterocycles. The molecule has 1 aliphatic heterocycles. The number of likely N-dealkylation sites (tertiary alicyclic amines) is 1. The number of aryl methyl sites for hydroxylation is 2. The number of alkyl halides is 2. The molecule has 0 bridgehead atoms. The van der Waals surface area contributed by atoms with Crippen molar-refractivity contribution in [1.29, 1.82) is 0 Å². The van der Waals surface area contributed by atoms with E-state index in [1.807, 2.05) is 32.0 Å². The van der Waals surface area contributed by atoms with Crippen LogP contribution in [0.25, 0.3) is 5.70 Å². The molecular formula is C23H27F3N4O2S. The summed E-state index contributed by atoms with van der Waals surface area (Å²) in [5.74, 6) is -2.53. The molecule has 1 fully saturated rings. The summed E-state index contributed by atoms with van der Waals surface area (Å²) >= 11 is 0. The Morgan fingerprint density at radius 3 is 2.64 bits per heavy atom. The highest BCUT2D eigenvalue weighted by Crippen LogP contribution is 2.30. The van der Waals surface area contributed by atoms with Crippen molar-refractivity contribution in [3.8, 4) is 0 Å². The van der Waals surface area contributed by atoms with Crippen molar-refractivity contribution in [1.82, 2.24) is 19.7 Å². The number of rotatable bonds is 6. The first-order valence-corrected chi connectivity index (χ1v) is 12.7. The van der Waals surface area contributed by atoms with Gasteiger partial charge in [0.05, 0.1) is 24.0 Å². The summed E-state index contributed by atoms with van der Waals surface area (Å²) in [7, 11) is -3.44. The van der Waals surface area contributed by atoms with Gasteiger partial charge in [-0.2, -0.15) is 0 Å². The van der Waals surface area contributed by atoms with Crippen molar-refractivity contribution >= 4 is 15.5 Å². The average molecular weight is 481 g/mol. The van der Waals surface area contributed by atoms with Crippen LogP contribution in [-0.4, -0.2) is 58.6 Å². The van der Waals surface area contributed by atoms with E-state index in [4.69, 9.17) is 0 Å². The number of sulfone groups is 1. The van der Waals surface area contributed by atoms with E-state index in [9.17, 15) is 17.2 Å². The Kier molecular flexibility index (Phi) is 6.26. The minimum Gasteiger partial charge on any atom is -0.290 e. The highest BCUT2D eigenvalue weighted by Gasteiger charge is 2.38. The number of nitrogens with zero attached hydrogens (tertiary/aromatic N) is 4. The first kappa shape index (κ1) is 23.7. The third kappa shape index (κ3) is 5.38. The van der Waals surface area contributed by atoms with Crippen LogP contribution >= 0.6 is 0 Å². The molecule has 4 rings (SSSR count). The third-order valence-electron chi connectivity index (χ3n) is 6.09. The van der Waals surface area contributed by atoms with E-state index in [1.54, 1.807) is 4.90 Å². The van der Waals surface area contributed by atoms with Gasteiger partial charge in [-0.15, -0.1) is 5.10 Å². The van der Waals surface area contributed by atoms with Crippen molar-refractivity contribution in [3.63, 3.8) is 0 Å². The maximum Gasteiger partial charge on any atom is 0.261 e. The molecule has 33 heavy (non-hydrogen) atoms. The predicted molar refractivity (Wildman–Crippen MR) is 120 cm³/mol. The number of hydrogen-bond acceptors (Lipinski definition) is 5. The Morgan fingerprint density at radius 1 is 1.24 bits per heavy atom. The maximum absolute atomic E-state index is 15.1. The van der Waals surface area contributed by atoms with E-state index >= 15 is 4.39 Å². The second kappa shape index (κ2) is 8.72. The summed E-state index contributed by atoms with van der Waals surface area (Å²) in [5, 5.41) is 3.52. The summed E-state index contributed by atoms with van der Waals surface area (Å²) in [6, 6.07) is 6.02. The zero-order chi connectivity index (χ0) is 24.0. The normalized spacial score (nSPS) is 21.2.